The van der Waals surface area contributed by atoms with Crippen molar-refractivity contribution in [2.45, 2.75) is 12.8 Å². The Hall–Kier alpha value is -1.62. The number of thiazole rings is 1. The molecule has 0 fully saturated rings. The van der Waals surface area contributed by atoms with Crippen molar-refractivity contribution in [1.29, 1.82) is 0 Å². The Morgan fingerprint density at radius 1 is 1.47 bits per heavy atom. The van der Waals surface area contributed by atoms with Crippen molar-refractivity contribution in [2.24, 2.45) is 0 Å². The lowest BCUT2D eigenvalue weighted by atomic mass is 10.3. The minimum atomic E-state index is -1.13. The van der Waals surface area contributed by atoms with E-state index in [1.54, 1.807) is 11.3 Å². The molecular formula is C12H13N2O2S-. The molecule has 0 unspecified atom stereocenters. The molecule has 1 aromatic carbocycles. The molecule has 5 heteroatoms. The number of carboxylic acid groups (broad SMARTS) is 1. The fourth-order valence-electron chi connectivity index (χ4n) is 1.59. The number of amides is 1. The van der Waals surface area contributed by atoms with Crippen LogP contribution in [0, 0.1) is 0 Å². The van der Waals surface area contributed by atoms with E-state index < -0.39 is 6.09 Å². The van der Waals surface area contributed by atoms with Crippen molar-refractivity contribution in [3.63, 3.8) is 0 Å². The van der Waals surface area contributed by atoms with E-state index >= 15 is 0 Å². The summed E-state index contributed by atoms with van der Waals surface area (Å²) in [5, 5.41) is 11.5. The van der Waals surface area contributed by atoms with E-state index in [1.165, 1.54) is 16.6 Å². The number of aryl methyl sites for hydroxylation is 1. The summed E-state index contributed by atoms with van der Waals surface area (Å²) in [4.78, 5) is 16.2. The minimum Gasteiger partial charge on any atom is -0.530 e. The van der Waals surface area contributed by atoms with E-state index in [-0.39, 0.29) is 0 Å². The summed E-state index contributed by atoms with van der Waals surface area (Å²) < 4.78 is 1.18. The van der Waals surface area contributed by atoms with Crippen LogP contribution in [0.4, 0.5) is 4.79 Å². The number of hydrogen-bond donors (Lipinski definition) is 0. The van der Waals surface area contributed by atoms with Crippen LogP contribution in [0.3, 0.4) is 0 Å². The van der Waals surface area contributed by atoms with Crippen LogP contribution in [-0.2, 0) is 6.42 Å². The van der Waals surface area contributed by atoms with Gasteiger partial charge in [-0.1, -0.05) is 12.1 Å². The second-order valence-electron chi connectivity index (χ2n) is 3.87. The van der Waals surface area contributed by atoms with Crippen molar-refractivity contribution >= 4 is 27.6 Å². The molecule has 1 heterocycles. The lowest BCUT2D eigenvalue weighted by Gasteiger charge is -2.18. The van der Waals surface area contributed by atoms with E-state index in [1.807, 2.05) is 24.3 Å². The summed E-state index contributed by atoms with van der Waals surface area (Å²) in [7, 11) is 1.52. The molecule has 0 bridgehead atoms. The van der Waals surface area contributed by atoms with Gasteiger partial charge in [0.05, 0.1) is 15.2 Å². The van der Waals surface area contributed by atoms with Gasteiger partial charge in [-0.25, -0.2) is 4.98 Å². The van der Waals surface area contributed by atoms with E-state index in [0.717, 1.165) is 23.4 Å². The quantitative estimate of drug-likeness (QED) is 0.825. The van der Waals surface area contributed by atoms with Gasteiger partial charge >= 0.3 is 0 Å². The van der Waals surface area contributed by atoms with Crippen LogP contribution >= 0.6 is 11.3 Å². The number of carbonyl (C=O) groups is 1. The fourth-order valence-corrected chi connectivity index (χ4v) is 2.59. The van der Waals surface area contributed by atoms with Crippen molar-refractivity contribution < 1.29 is 9.90 Å². The van der Waals surface area contributed by atoms with Gasteiger partial charge in [-0.15, -0.1) is 11.3 Å². The standard InChI is InChI=1S/C12H14N2O2S/c1-14(12(15)16)8-4-7-11-13-9-5-2-3-6-10(9)17-11/h2-3,5-6H,4,7-8H2,1H3,(H,15,16)/p-1. The molecule has 0 aliphatic rings. The molecule has 4 nitrogen and oxygen atoms in total. The Kier molecular flexibility index (Phi) is 3.58. The number of rotatable bonds is 4. The first-order chi connectivity index (χ1) is 8.16. The lowest BCUT2D eigenvalue weighted by molar-refractivity contribution is -0.264. The number of fused-ring (bicyclic) bond motifs is 1. The maximum atomic E-state index is 10.5. The SMILES string of the molecule is CN(CCCc1nc2ccccc2s1)C(=O)[O-]. The average molecular weight is 249 g/mol. The van der Waals surface area contributed by atoms with Gasteiger partial charge in [0.1, 0.15) is 6.09 Å². The van der Waals surface area contributed by atoms with Crippen molar-refractivity contribution in [1.82, 2.24) is 9.88 Å². The molecule has 1 aromatic heterocycles. The van der Waals surface area contributed by atoms with Gasteiger partial charge in [0.25, 0.3) is 0 Å². The Bertz CT molecular complexity index is 491. The molecule has 0 spiro atoms. The van der Waals surface area contributed by atoms with E-state index in [4.69, 9.17) is 0 Å². The predicted octanol–water partition coefficient (Wildman–Crippen LogP) is 1.50. The third-order valence-electron chi connectivity index (χ3n) is 2.53. The molecule has 0 radical (unpaired) electrons. The number of benzene rings is 1. The molecule has 2 aromatic rings. The number of hydrogen-bond acceptors (Lipinski definition) is 4. The molecule has 17 heavy (non-hydrogen) atoms. The molecule has 1 amide bonds. The van der Waals surface area contributed by atoms with E-state index in [9.17, 15) is 9.90 Å². The van der Waals surface area contributed by atoms with E-state index in [2.05, 4.69) is 4.98 Å². The fraction of sp³-hybridized carbons (Fsp3) is 0.333. The van der Waals surface area contributed by atoms with E-state index in [0.29, 0.717) is 6.54 Å². The largest absolute Gasteiger partial charge is 0.530 e. The number of carbonyl (C=O) groups excluding carboxylic acids is 1. The maximum absolute atomic E-state index is 10.5. The van der Waals surface area contributed by atoms with Gasteiger partial charge in [0, 0.05) is 20.0 Å². The van der Waals surface area contributed by atoms with Gasteiger partial charge in [-0.05, 0) is 18.6 Å². The summed E-state index contributed by atoms with van der Waals surface area (Å²) in [5.74, 6) is 0. The topological polar surface area (TPSA) is 56.3 Å². The first-order valence-electron chi connectivity index (χ1n) is 5.43. The molecule has 90 valence electrons. The van der Waals surface area contributed by atoms with Gasteiger partial charge in [0.15, 0.2) is 0 Å². The zero-order chi connectivity index (χ0) is 12.3. The maximum Gasteiger partial charge on any atom is 0.136 e. The molecule has 0 aliphatic carbocycles. The summed E-state index contributed by atoms with van der Waals surface area (Å²) in [6, 6.07) is 8.00. The number of para-hydroxylation sites is 1. The predicted molar refractivity (Wildman–Crippen MR) is 66.0 cm³/mol. The van der Waals surface area contributed by atoms with Crippen LogP contribution < -0.4 is 5.11 Å². The van der Waals surface area contributed by atoms with Crippen LogP contribution in [-0.4, -0.2) is 29.6 Å². The van der Waals surface area contributed by atoms with Crippen molar-refractivity contribution in [2.75, 3.05) is 13.6 Å². The monoisotopic (exact) mass is 249 g/mol. The Labute approximate surface area is 104 Å². The second kappa shape index (κ2) is 5.14. The Morgan fingerprint density at radius 2 is 2.24 bits per heavy atom. The second-order valence-corrected chi connectivity index (χ2v) is 4.98. The molecule has 0 saturated heterocycles. The highest BCUT2D eigenvalue weighted by Gasteiger charge is 2.03. The zero-order valence-corrected chi connectivity index (χ0v) is 10.4. The van der Waals surface area contributed by atoms with Gasteiger partial charge in [-0.2, -0.15) is 0 Å². The van der Waals surface area contributed by atoms with Crippen LogP contribution in [0.2, 0.25) is 0 Å². The normalized spacial score (nSPS) is 10.6. The van der Waals surface area contributed by atoms with Crippen LogP contribution in [0.15, 0.2) is 24.3 Å². The highest BCUT2D eigenvalue weighted by Crippen LogP contribution is 2.22. The zero-order valence-electron chi connectivity index (χ0n) is 9.55. The minimum absolute atomic E-state index is 0.484. The number of nitrogens with zero attached hydrogens (tertiary/aromatic N) is 2. The molecule has 0 aliphatic heterocycles. The first-order valence-corrected chi connectivity index (χ1v) is 6.25. The molecule has 0 N–H and O–H groups in total. The summed E-state index contributed by atoms with van der Waals surface area (Å²) in [6.45, 7) is 0.484. The highest BCUT2D eigenvalue weighted by molar-refractivity contribution is 7.18. The van der Waals surface area contributed by atoms with Crippen LogP contribution in [0.5, 0.6) is 0 Å². The van der Waals surface area contributed by atoms with Gasteiger partial charge in [0.2, 0.25) is 0 Å². The molecular weight excluding hydrogens is 236 g/mol. The average Bonchev–Trinajstić information content (AvgIpc) is 2.71. The third kappa shape index (κ3) is 2.94. The summed E-state index contributed by atoms with van der Waals surface area (Å²) in [6.07, 6.45) is 0.440. The Balaban J connectivity index is 1.93. The summed E-state index contributed by atoms with van der Waals surface area (Å²) in [5.41, 5.74) is 1.01. The van der Waals surface area contributed by atoms with Crippen molar-refractivity contribution in [3.05, 3.63) is 29.3 Å². The Morgan fingerprint density at radius 3 is 2.94 bits per heavy atom. The highest BCUT2D eigenvalue weighted by atomic mass is 32.1. The number of aromatic nitrogens is 1. The van der Waals surface area contributed by atoms with Crippen LogP contribution in [0.25, 0.3) is 10.2 Å². The molecule has 0 atom stereocenters. The van der Waals surface area contributed by atoms with Gasteiger partial charge in [-0.3, -0.25) is 0 Å². The van der Waals surface area contributed by atoms with Crippen LogP contribution in [0.1, 0.15) is 11.4 Å². The summed E-state index contributed by atoms with van der Waals surface area (Å²) >= 11 is 1.66. The van der Waals surface area contributed by atoms with Crippen molar-refractivity contribution in [3.8, 4) is 0 Å². The lowest BCUT2D eigenvalue weighted by Crippen LogP contribution is -2.38. The first kappa shape index (κ1) is 11.9. The smallest absolute Gasteiger partial charge is 0.136 e. The third-order valence-corrected chi connectivity index (χ3v) is 3.63. The molecule has 0 saturated carbocycles. The molecule has 2 rings (SSSR count). The van der Waals surface area contributed by atoms with Gasteiger partial charge < -0.3 is 14.8 Å².